The van der Waals surface area contributed by atoms with Gasteiger partial charge in [0.15, 0.2) is 0 Å². The van der Waals surface area contributed by atoms with E-state index in [-0.39, 0.29) is 0 Å². The molecule has 0 aliphatic heterocycles. The molecule has 0 aromatic rings. The third-order valence-electron chi connectivity index (χ3n) is 1.54. The third kappa shape index (κ3) is 5.19. The van der Waals surface area contributed by atoms with Gasteiger partial charge in [0.25, 0.3) is 0 Å². The molecule has 19 heavy (non-hydrogen) atoms. The van der Waals surface area contributed by atoms with Crippen molar-refractivity contribution in [1.82, 2.24) is 4.72 Å². The molecule has 0 amide bonds. The standard InChI is InChI=1S/C5H6F7NO4S2/c6-2(7)5(11,12)3(18(14)15)19(16,17)13-1-4(8,9)10/h2-3,13H,1H2,(H,14,15)/p-1. The largest absolute Gasteiger partial charge is 0.771 e. The van der Waals surface area contributed by atoms with Gasteiger partial charge in [0.2, 0.25) is 14.6 Å². The van der Waals surface area contributed by atoms with Gasteiger partial charge in [-0.2, -0.15) is 22.0 Å². The quantitative estimate of drug-likeness (QED) is 0.566. The Kier molecular flexibility index (Phi) is 5.74. The summed E-state index contributed by atoms with van der Waals surface area (Å²) in [4.78, 5) is 0. The summed E-state index contributed by atoms with van der Waals surface area (Å²) in [6.45, 7) is -2.37. The third-order valence-corrected chi connectivity index (χ3v) is 4.86. The number of hydrogen-bond acceptors (Lipinski definition) is 4. The second-order valence-corrected chi connectivity index (χ2v) is 6.19. The molecule has 5 nitrogen and oxygen atoms in total. The fourth-order valence-electron chi connectivity index (χ4n) is 0.800. The first-order valence-corrected chi connectivity index (χ1v) is 6.69. The van der Waals surface area contributed by atoms with Crippen LogP contribution in [-0.4, -0.2) is 46.8 Å². The lowest BCUT2D eigenvalue weighted by Crippen LogP contribution is -2.53. The van der Waals surface area contributed by atoms with E-state index in [9.17, 15) is 47.9 Å². The fourth-order valence-corrected chi connectivity index (χ4v) is 3.22. The number of alkyl halides is 7. The minimum Gasteiger partial charge on any atom is -0.771 e. The molecule has 0 fully saturated rings. The van der Waals surface area contributed by atoms with E-state index < -0.39 is 50.8 Å². The van der Waals surface area contributed by atoms with Gasteiger partial charge >= 0.3 is 18.5 Å². The van der Waals surface area contributed by atoms with Crippen molar-refractivity contribution < 1.29 is 47.9 Å². The second-order valence-electron chi connectivity index (χ2n) is 3.05. The summed E-state index contributed by atoms with van der Waals surface area (Å²) >= 11 is -4.29. The maximum Gasteiger partial charge on any atom is 0.402 e. The first-order chi connectivity index (χ1) is 8.22. The van der Waals surface area contributed by atoms with Gasteiger partial charge in [-0.25, -0.2) is 21.9 Å². The number of rotatable bonds is 6. The molecule has 0 radical (unpaired) electrons. The van der Waals surface area contributed by atoms with E-state index in [0.29, 0.717) is 4.72 Å². The first kappa shape index (κ1) is 18.5. The van der Waals surface area contributed by atoms with Crippen molar-refractivity contribution in [2.75, 3.05) is 6.54 Å². The molecule has 0 aromatic carbocycles. The molecule has 0 spiro atoms. The van der Waals surface area contributed by atoms with E-state index in [1.165, 1.54) is 0 Å². The van der Waals surface area contributed by atoms with E-state index in [1.54, 1.807) is 0 Å². The van der Waals surface area contributed by atoms with Crippen molar-refractivity contribution in [2.45, 2.75) is 23.1 Å². The van der Waals surface area contributed by atoms with Gasteiger partial charge in [0.05, 0.1) is 0 Å². The van der Waals surface area contributed by atoms with Gasteiger partial charge in [0.1, 0.15) is 6.54 Å². The SMILES string of the molecule is O=S([O-])C(C(F)(F)C(F)F)S(=O)(=O)NCC(F)(F)F. The highest BCUT2D eigenvalue weighted by molar-refractivity contribution is 8.03. The van der Waals surface area contributed by atoms with Crippen LogP contribution in [0.4, 0.5) is 30.7 Å². The molecule has 14 heteroatoms. The molecular formula is C5H5F7NO4S2-. The predicted octanol–water partition coefficient (Wildman–Crippen LogP) is 0.574. The molecule has 116 valence electrons. The van der Waals surface area contributed by atoms with Gasteiger partial charge in [-0.1, -0.05) is 0 Å². The van der Waals surface area contributed by atoms with E-state index in [2.05, 4.69) is 0 Å². The molecule has 0 saturated carbocycles. The zero-order chi connectivity index (χ0) is 15.6. The molecule has 0 rings (SSSR count). The summed E-state index contributed by atoms with van der Waals surface area (Å²) in [6.07, 6.45) is -9.87. The van der Waals surface area contributed by atoms with E-state index >= 15 is 0 Å². The van der Waals surface area contributed by atoms with Crippen molar-refractivity contribution in [3.63, 3.8) is 0 Å². The van der Waals surface area contributed by atoms with Gasteiger partial charge in [0, 0.05) is 0 Å². The lowest BCUT2D eigenvalue weighted by Gasteiger charge is -2.27. The molecule has 0 bridgehead atoms. The lowest BCUT2D eigenvalue weighted by atomic mass is 10.4. The molecule has 2 unspecified atom stereocenters. The van der Waals surface area contributed by atoms with Crippen LogP contribution < -0.4 is 4.72 Å². The predicted molar refractivity (Wildman–Crippen MR) is 46.6 cm³/mol. The topological polar surface area (TPSA) is 86.3 Å². The Balaban J connectivity index is 5.37. The van der Waals surface area contributed by atoms with E-state index in [4.69, 9.17) is 0 Å². The van der Waals surface area contributed by atoms with Gasteiger partial charge < -0.3 is 4.55 Å². The summed E-state index contributed by atoms with van der Waals surface area (Å²) in [7, 11) is -5.87. The van der Waals surface area contributed by atoms with Crippen LogP contribution in [0.1, 0.15) is 0 Å². The van der Waals surface area contributed by atoms with Crippen LogP contribution in [0.15, 0.2) is 0 Å². The van der Waals surface area contributed by atoms with Gasteiger partial charge in [-0.15, -0.1) is 0 Å². The number of halogens is 7. The molecule has 0 saturated heterocycles. The Labute approximate surface area is 104 Å². The molecule has 0 aliphatic rings. The van der Waals surface area contributed by atoms with E-state index in [0.717, 1.165) is 0 Å². The fraction of sp³-hybridized carbons (Fsp3) is 1.00. The number of sulfonamides is 1. The number of nitrogens with one attached hydrogen (secondary N) is 1. The highest BCUT2D eigenvalue weighted by atomic mass is 32.3. The molecular weight excluding hydrogens is 335 g/mol. The number of hydrogen-bond donors (Lipinski definition) is 1. The average molecular weight is 340 g/mol. The van der Waals surface area contributed by atoms with Gasteiger partial charge in [-0.05, 0) is 11.1 Å². The first-order valence-electron chi connectivity index (χ1n) is 4.01. The van der Waals surface area contributed by atoms with Crippen molar-refractivity contribution in [1.29, 1.82) is 0 Å². The average Bonchev–Trinajstić information content (AvgIpc) is 2.11. The van der Waals surface area contributed by atoms with Crippen molar-refractivity contribution in [3.05, 3.63) is 0 Å². The Morgan fingerprint density at radius 2 is 1.58 bits per heavy atom. The summed E-state index contributed by atoms with van der Waals surface area (Å²) in [5.74, 6) is -5.57. The normalized spacial score (nSPS) is 17.5. The monoisotopic (exact) mass is 340 g/mol. The highest BCUT2D eigenvalue weighted by Crippen LogP contribution is 2.32. The van der Waals surface area contributed by atoms with Gasteiger partial charge in [-0.3, -0.25) is 4.21 Å². The summed E-state index contributed by atoms with van der Waals surface area (Å²) < 4.78 is 123. The van der Waals surface area contributed by atoms with Crippen molar-refractivity contribution in [3.8, 4) is 0 Å². The smallest absolute Gasteiger partial charge is 0.402 e. The highest BCUT2D eigenvalue weighted by Gasteiger charge is 2.56. The van der Waals surface area contributed by atoms with Crippen LogP contribution in [-0.2, 0) is 21.1 Å². The molecule has 2 atom stereocenters. The zero-order valence-electron chi connectivity index (χ0n) is 8.46. The van der Waals surface area contributed by atoms with Crippen LogP contribution in [0.3, 0.4) is 0 Å². The Bertz CT molecular complexity index is 433. The van der Waals surface area contributed by atoms with Crippen LogP contribution in [0.5, 0.6) is 0 Å². The lowest BCUT2D eigenvalue weighted by molar-refractivity contribution is -0.123. The summed E-state index contributed by atoms with van der Waals surface area (Å²) in [5.41, 5.74) is 0. The summed E-state index contributed by atoms with van der Waals surface area (Å²) in [6, 6.07) is 0. The minimum atomic E-state index is -5.87. The van der Waals surface area contributed by atoms with Crippen LogP contribution >= 0.6 is 0 Å². The van der Waals surface area contributed by atoms with Crippen LogP contribution in [0.25, 0.3) is 0 Å². The Morgan fingerprint density at radius 1 is 1.16 bits per heavy atom. The molecule has 0 heterocycles. The zero-order valence-corrected chi connectivity index (χ0v) is 10.1. The van der Waals surface area contributed by atoms with Crippen molar-refractivity contribution >= 4 is 21.1 Å². The minimum absolute atomic E-state index is 0.482. The summed E-state index contributed by atoms with van der Waals surface area (Å²) in [5, 5.41) is 0. The van der Waals surface area contributed by atoms with Crippen LogP contribution in [0, 0.1) is 0 Å². The molecule has 1 N–H and O–H groups in total. The Morgan fingerprint density at radius 3 is 1.84 bits per heavy atom. The Hall–Kier alpha value is -0.470. The van der Waals surface area contributed by atoms with Crippen molar-refractivity contribution in [2.24, 2.45) is 0 Å². The maximum absolute atomic E-state index is 12.7. The van der Waals surface area contributed by atoms with Crippen LogP contribution in [0.2, 0.25) is 0 Å². The molecule has 0 aromatic heterocycles. The second kappa shape index (κ2) is 5.88. The maximum atomic E-state index is 12.7. The molecule has 0 aliphatic carbocycles. The van der Waals surface area contributed by atoms with E-state index in [1.807, 2.05) is 0 Å².